The molecule has 1 aliphatic carbocycles. The molecule has 1 aliphatic heterocycles. The maximum Gasteiger partial charge on any atom is 0.185 e. The standard InChI is InChI=1S/C52H39NO/c1-51(2)47-26-16-15-25-43(47)44-30-27-36(33-48(44)51)37-28-31-45-46-32-29-42(53(40-21-11-5-12-22-40)41-23-13-6-14-24-41)35-50(46)54-52(49(45)34-37,38-17-7-3-8-18-38)39-19-9-4-10-20-39/h3-35H,1-2H3. The lowest BCUT2D eigenvalue weighted by molar-refractivity contribution is 0.152. The number of benzene rings is 8. The zero-order valence-electron chi connectivity index (χ0n) is 30.4. The minimum absolute atomic E-state index is 0.0822. The molecule has 8 aromatic carbocycles. The third kappa shape index (κ3) is 4.94. The van der Waals surface area contributed by atoms with Gasteiger partial charge < -0.3 is 9.64 Å². The predicted octanol–water partition coefficient (Wildman–Crippen LogP) is 13.5. The summed E-state index contributed by atoms with van der Waals surface area (Å²) in [7, 11) is 0. The van der Waals surface area contributed by atoms with Crippen molar-refractivity contribution in [1.29, 1.82) is 0 Å². The second-order valence-corrected chi connectivity index (χ2v) is 14.9. The quantitative estimate of drug-likeness (QED) is 0.172. The van der Waals surface area contributed by atoms with Gasteiger partial charge in [0.2, 0.25) is 0 Å². The summed E-state index contributed by atoms with van der Waals surface area (Å²) >= 11 is 0. The van der Waals surface area contributed by atoms with E-state index in [1.807, 2.05) is 0 Å². The van der Waals surface area contributed by atoms with Crippen LogP contribution in [-0.4, -0.2) is 0 Å². The second kappa shape index (κ2) is 12.5. The van der Waals surface area contributed by atoms with Crippen LogP contribution in [0.25, 0.3) is 33.4 Å². The van der Waals surface area contributed by atoms with Crippen LogP contribution in [-0.2, 0) is 11.0 Å². The fourth-order valence-corrected chi connectivity index (χ4v) is 8.85. The molecule has 1 heterocycles. The zero-order valence-corrected chi connectivity index (χ0v) is 30.4. The Hall–Kier alpha value is -6.64. The molecule has 0 bridgehead atoms. The van der Waals surface area contributed by atoms with E-state index >= 15 is 0 Å². The van der Waals surface area contributed by atoms with Gasteiger partial charge in [-0.15, -0.1) is 0 Å². The molecule has 0 amide bonds. The molecule has 258 valence electrons. The summed E-state index contributed by atoms with van der Waals surface area (Å²) in [5.74, 6) is 0.842. The van der Waals surface area contributed by atoms with Gasteiger partial charge in [0, 0.05) is 50.8 Å². The summed E-state index contributed by atoms with van der Waals surface area (Å²) in [5, 5.41) is 0. The number of nitrogens with zero attached hydrogens (tertiary/aromatic N) is 1. The summed E-state index contributed by atoms with van der Waals surface area (Å²) in [6.07, 6.45) is 0. The molecule has 0 fully saturated rings. The van der Waals surface area contributed by atoms with E-state index in [4.69, 9.17) is 4.74 Å². The highest BCUT2D eigenvalue weighted by atomic mass is 16.5. The number of anilines is 3. The van der Waals surface area contributed by atoms with Gasteiger partial charge >= 0.3 is 0 Å². The van der Waals surface area contributed by atoms with Gasteiger partial charge in [0.1, 0.15) is 5.75 Å². The highest BCUT2D eigenvalue weighted by Gasteiger charge is 2.45. The number of hydrogen-bond acceptors (Lipinski definition) is 2. The van der Waals surface area contributed by atoms with Crippen LogP contribution >= 0.6 is 0 Å². The monoisotopic (exact) mass is 693 g/mol. The molecule has 0 spiro atoms. The van der Waals surface area contributed by atoms with Crippen molar-refractivity contribution in [3.63, 3.8) is 0 Å². The molecular weight excluding hydrogens is 655 g/mol. The predicted molar refractivity (Wildman–Crippen MR) is 223 cm³/mol. The van der Waals surface area contributed by atoms with Gasteiger partial charge in [0.15, 0.2) is 5.60 Å². The molecule has 2 aliphatic rings. The highest BCUT2D eigenvalue weighted by molar-refractivity contribution is 5.88. The Morgan fingerprint density at radius 2 is 0.833 bits per heavy atom. The van der Waals surface area contributed by atoms with E-state index in [0.717, 1.165) is 45.1 Å². The van der Waals surface area contributed by atoms with E-state index in [2.05, 4.69) is 219 Å². The van der Waals surface area contributed by atoms with Crippen molar-refractivity contribution in [2.24, 2.45) is 0 Å². The van der Waals surface area contributed by atoms with E-state index in [9.17, 15) is 0 Å². The lowest BCUT2D eigenvalue weighted by Crippen LogP contribution is -2.38. The minimum atomic E-state index is -0.907. The average molecular weight is 694 g/mol. The molecule has 0 radical (unpaired) electrons. The first kappa shape index (κ1) is 32.0. The van der Waals surface area contributed by atoms with Crippen LogP contribution in [0.15, 0.2) is 200 Å². The molecule has 0 saturated carbocycles. The summed E-state index contributed by atoms with van der Waals surface area (Å²) in [5.41, 5.74) is 15.5. The van der Waals surface area contributed by atoms with E-state index in [1.165, 1.54) is 38.9 Å². The van der Waals surface area contributed by atoms with Gasteiger partial charge in [-0.2, -0.15) is 0 Å². The fourth-order valence-electron chi connectivity index (χ4n) is 8.85. The first-order valence-corrected chi connectivity index (χ1v) is 18.8. The second-order valence-electron chi connectivity index (χ2n) is 14.9. The largest absolute Gasteiger partial charge is 0.472 e. The fraction of sp³-hybridized carbons (Fsp3) is 0.0769. The van der Waals surface area contributed by atoms with Gasteiger partial charge in [-0.05, 0) is 87.5 Å². The van der Waals surface area contributed by atoms with Crippen molar-refractivity contribution in [2.45, 2.75) is 24.9 Å². The normalized spacial score (nSPS) is 14.2. The molecule has 2 heteroatoms. The number of hydrogen-bond donors (Lipinski definition) is 0. The average Bonchev–Trinajstić information content (AvgIpc) is 3.47. The minimum Gasteiger partial charge on any atom is -0.472 e. The maximum absolute atomic E-state index is 7.59. The molecule has 0 N–H and O–H groups in total. The molecular formula is C52H39NO. The van der Waals surface area contributed by atoms with Gasteiger partial charge in [0.25, 0.3) is 0 Å². The lowest BCUT2D eigenvalue weighted by Gasteiger charge is -2.42. The van der Waals surface area contributed by atoms with Crippen molar-refractivity contribution in [3.8, 4) is 39.1 Å². The Morgan fingerprint density at radius 3 is 1.43 bits per heavy atom. The first-order chi connectivity index (χ1) is 26.5. The lowest BCUT2D eigenvalue weighted by atomic mass is 9.74. The van der Waals surface area contributed by atoms with Crippen LogP contribution < -0.4 is 9.64 Å². The Balaban J connectivity index is 1.19. The molecule has 0 unspecified atom stereocenters. The molecule has 10 rings (SSSR count). The highest BCUT2D eigenvalue weighted by Crippen LogP contribution is 2.54. The van der Waals surface area contributed by atoms with Crippen molar-refractivity contribution < 1.29 is 4.74 Å². The topological polar surface area (TPSA) is 12.5 Å². The van der Waals surface area contributed by atoms with Crippen molar-refractivity contribution >= 4 is 17.1 Å². The first-order valence-electron chi connectivity index (χ1n) is 18.8. The van der Waals surface area contributed by atoms with Gasteiger partial charge in [-0.3, -0.25) is 0 Å². The summed E-state index contributed by atoms with van der Waals surface area (Å²) in [4.78, 5) is 2.29. The number of ether oxygens (including phenoxy) is 1. The zero-order chi connectivity index (χ0) is 36.3. The molecule has 8 aromatic rings. The van der Waals surface area contributed by atoms with Crippen molar-refractivity contribution in [2.75, 3.05) is 4.90 Å². The molecule has 0 atom stereocenters. The van der Waals surface area contributed by atoms with E-state index in [0.29, 0.717) is 0 Å². The summed E-state index contributed by atoms with van der Waals surface area (Å²) in [6, 6.07) is 72.0. The van der Waals surface area contributed by atoms with Crippen molar-refractivity contribution in [3.05, 3.63) is 228 Å². The molecule has 0 saturated heterocycles. The van der Waals surface area contributed by atoms with Crippen LogP contribution in [0, 0.1) is 0 Å². The van der Waals surface area contributed by atoms with Gasteiger partial charge in [-0.25, -0.2) is 0 Å². The van der Waals surface area contributed by atoms with E-state index < -0.39 is 5.60 Å². The number of para-hydroxylation sites is 2. The van der Waals surface area contributed by atoms with Crippen LogP contribution in [0.1, 0.15) is 41.7 Å². The van der Waals surface area contributed by atoms with E-state index in [-0.39, 0.29) is 5.41 Å². The Labute approximate surface area is 317 Å². The van der Waals surface area contributed by atoms with E-state index in [1.54, 1.807) is 0 Å². The third-order valence-electron chi connectivity index (χ3n) is 11.5. The molecule has 54 heavy (non-hydrogen) atoms. The number of fused-ring (bicyclic) bond motifs is 6. The van der Waals surface area contributed by atoms with Crippen LogP contribution in [0.2, 0.25) is 0 Å². The summed E-state index contributed by atoms with van der Waals surface area (Å²) < 4.78 is 7.59. The van der Waals surface area contributed by atoms with Crippen LogP contribution in [0.4, 0.5) is 17.1 Å². The van der Waals surface area contributed by atoms with Gasteiger partial charge in [0.05, 0.1) is 0 Å². The molecule has 2 nitrogen and oxygen atoms in total. The third-order valence-corrected chi connectivity index (χ3v) is 11.5. The van der Waals surface area contributed by atoms with Gasteiger partial charge in [-0.1, -0.05) is 159 Å². The Kier molecular flexibility index (Phi) is 7.42. The van der Waals surface area contributed by atoms with Crippen molar-refractivity contribution in [1.82, 2.24) is 0 Å². The Bertz CT molecular complexity index is 2570. The Morgan fingerprint density at radius 1 is 0.370 bits per heavy atom. The maximum atomic E-state index is 7.59. The van der Waals surface area contributed by atoms with Crippen LogP contribution in [0.5, 0.6) is 5.75 Å². The SMILES string of the molecule is CC1(C)c2ccccc2-c2ccc(-c3ccc4c(c3)C(c3ccccc3)(c3ccccc3)Oc3cc(N(c5ccccc5)c5ccccc5)ccc3-4)cc21. The number of rotatable bonds is 6. The smallest absolute Gasteiger partial charge is 0.185 e. The summed E-state index contributed by atoms with van der Waals surface area (Å²) in [6.45, 7) is 4.69. The molecule has 0 aromatic heterocycles. The van der Waals surface area contributed by atoms with Crippen LogP contribution in [0.3, 0.4) is 0 Å².